The Morgan fingerprint density at radius 1 is 1.30 bits per heavy atom. The smallest absolute Gasteiger partial charge is 0.298 e. The minimum Gasteiger partial charge on any atom is -0.298 e. The third-order valence-electron chi connectivity index (χ3n) is 3.63. The number of rotatable bonds is 3. The Kier molecular flexibility index (Phi) is 4.78. The Balaban J connectivity index is 2.24. The minimum atomic E-state index is -4.42. The fraction of sp³-hybridized carbons (Fsp3) is 0.533. The third-order valence-corrected chi connectivity index (χ3v) is 5.00. The van der Waals surface area contributed by atoms with Crippen molar-refractivity contribution in [3.05, 3.63) is 29.3 Å². The van der Waals surface area contributed by atoms with E-state index in [-0.39, 0.29) is 15.7 Å². The molecule has 1 aliphatic carbocycles. The average molecular weight is 302 g/mol. The molecule has 0 N–H and O–H groups in total. The van der Waals surface area contributed by atoms with Gasteiger partial charge < -0.3 is 0 Å². The molecule has 1 saturated carbocycles. The van der Waals surface area contributed by atoms with Crippen LogP contribution in [0.5, 0.6) is 0 Å². The van der Waals surface area contributed by atoms with Crippen molar-refractivity contribution < 1.29 is 18.0 Å². The molecule has 2 rings (SSSR count). The second-order valence-corrected chi connectivity index (χ2v) is 6.73. The van der Waals surface area contributed by atoms with E-state index in [1.54, 1.807) is 0 Å². The van der Waals surface area contributed by atoms with Gasteiger partial charge in [-0.05, 0) is 30.9 Å². The molecular weight excluding hydrogens is 285 g/mol. The van der Waals surface area contributed by atoms with Crippen LogP contribution in [0, 0.1) is 5.92 Å². The number of hydrogen-bond donors (Lipinski definition) is 0. The van der Waals surface area contributed by atoms with E-state index in [9.17, 15) is 18.0 Å². The second kappa shape index (κ2) is 6.20. The Morgan fingerprint density at radius 2 is 2.05 bits per heavy atom. The van der Waals surface area contributed by atoms with Crippen LogP contribution < -0.4 is 0 Å². The number of halogens is 3. The van der Waals surface area contributed by atoms with Gasteiger partial charge in [0.25, 0.3) is 0 Å². The summed E-state index contributed by atoms with van der Waals surface area (Å²) in [5.74, 6) is 0.574. The SMILES string of the molecule is CC1CCCC(Sc2ccc(C=O)cc2C(F)(F)F)C1. The van der Waals surface area contributed by atoms with Crippen molar-refractivity contribution >= 4 is 18.0 Å². The van der Waals surface area contributed by atoms with E-state index in [1.807, 2.05) is 0 Å². The van der Waals surface area contributed by atoms with Gasteiger partial charge in [-0.3, -0.25) is 4.79 Å². The van der Waals surface area contributed by atoms with Crippen LogP contribution in [0.4, 0.5) is 13.2 Å². The molecule has 2 unspecified atom stereocenters. The second-order valence-electron chi connectivity index (χ2n) is 5.38. The standard InChI is InChI=1S/C15H17F3OS/c1-10-3-2-4-12(7-10)20-14-6-5-11(9-19)8-13(14)15(16,17)18/h5-6,8-10,12H,2-4,7H2,1H3. The van der Waals surface area contributed by atoms with Gasteiger partial charge in [0, 0.05) is 15.7 Å². The van der Waals surface area contributed by atoms with Crippen LogP contribution in [-0.4, -0.2) is 11.5 Å². The van der Waals surface area contributed by atoms with Crippen LogP contribution in [0.2, 0.25) is 0 Å². The summed E-state index contributed by atoms with van der Waals surface area (Å²) in [4.78, 5) is 10.9. The van der Waals surface area contributed by atoms with Gasteiger partial charge >= 0.3 is 6.18 Å². The number of carbonyl (C=O) groups is 1. The Hall–Kier alpha value is -0.970. The third kappa shape index (κ3) is 3.78. The van der Waals surface area contributed by atoms with Gasteiger partial charge in [0.05, 0.1) is 5.56 Å². The Morgan fingerprint density at radius 3 is 2.65 bits per heavy atom. The van der Waals surface area contributed by atoms with Crippen molar-refractivity contribution in [2.24, 2.45) is 5.92 Å². The maximum absolute atomic E-state index is 13.1. The molecule has 1 aliphatic rings. The number of alkyl halides is 3. The number of thioether (sulfide) groups is 1. The number of hydrogen-bond acceptors (Lipinski definition) is 2. The van der Waals surface area contributed by atoms with Gasteiger partial charge in [0.15, 0.2) is 0 Å². The molecule has 5 heteroatoms. The van der Waals surface area contributed by atoms with Crippen LogP contribution in [0.25, 0.3) is 0 Å². The molecule has 1 aromatic carbocycles. The van der Waals surface area contributed by atoms with Crippen LogP contribution in [0.1, 0.15) is 48.5 Å². The fourth-order valence-corrected chi connectivity index (χ4v) is 4.13. The molecule has 0 aromatic heterocycles. The molecule has 0 radical (unpaired) electrons. The minimum absolute atomic E-state index is 0.0682. The number of aldehydes is 1. The molecule has 0 aliphatic heterocycles. The average Bonchev–Trinajstić information content (AvgIpc) is 2.38. The highest BCUT2D eigenvalue weighted by Crippen LogP contribution is 2.42. The van der Waals surface area contributed by atoms with E-state index in [4.69, 9.17) is 0 Å². The molecule has 1 aromatic rings. The van der Waals surface area contributed by atoms with Crippen molar-refractivity contribution in [1.82, 2.24) is 0 Å². The highest BCUT2D eigenvalue weighted by Gasteiger charge is 2.34. The van der Waals surface area contributed by atoms with Crippen LogP contribution in [0.3, 0.4) is 0 Å². The molecule has 1 fully saturated rings. The van der Waals surface area contributed by atoms with E-state index >= 15 is 0 Å². The van der Waals surface area contributed by atoms with E-state index in [2.05, 4.69) is 6.92 Å². The summed E-state index contributed by atoms with van der Waals surface area (Å²) >= 11 is 1.31. The molecule has 110 valence electrons. The molecule has 0 spiro atoms. The molecule has 0 saturated heterocycles. The van der Waals surface area contributed by atoms with Crippen LogP contribution in [-0.2, 0) is 6.18 Å². The maximum atomic E-state index is 13.1. The summed E-state index contributed by atoms with van der Waals surface area (Å²) in [6, 6.07) is 3.83. The lowest BCUT2D eigenvalue weighted by Gasteiger charge is -2.27. The molecule has 20 heavy (non-hydrogen) atoms. The molecule has 0 heterocycles. The predicted molar refractivity (Wildman–Crippen MR) is 74.1 cm³/mol. The summed E-state index contributed by atoms with van der Waals surface area (Å²) in [5.41, 5.74) is -0.621. The van der Waals surface area contributed by atoms with Gasteiger partial charge in [-0.1, -0.05) is 25.8 Å². The largest absolute Gasteiger partial charge is 0.417 e. The molecular formula is C15H17F3OS. The normalized spacial score (nSPS) is 23.6. The number of benzene rings is 1. The highest BCUT2D eigenvalue weighted by molar-refractivity contribution is 8.00. The summed E-state index contributed by atoms with van der Waals surface area (Å²) in [6.45, 7) is 2.15. The lowest BCUT2D eigenvalue weighted by atomic mass is 9.91. The Labute approximate surface area is 120 Å². The lowest BCUT2D eigenvalue weighted by Crippen LogP contribution is -2.16. The zero-order chi connectivity index (χ0) is 14.8. The van der Waals surface area contributed by atoms with Crippen molar-refractivity contribution in [2.75, 3.05) is 0 Å². The van der Waals surface area contributed by atoms with Crippen LogP contribution in [0.15, 0.2) is 23.1 Å². The van der Waals surface area contributed by atoms with E-state index in [1.165, 1.54) is 23.9 Å². The number of carbonyl (C=O) groups excluding carboxylic acids is 1. The van der Waals surface area contributed by atoms with Gasteiger partial charge in [0.1, 0.15) is 6.29 Å². The first-order chi connectivity index (χ1) is 9.40. The predicted octanol–water partition coefficient (Wildman–Crippen LogP) is 5.19. The molecule has 1 nitrogen and oxygen atoms in total. The van der Waals surface area contributed by atoms with Crippen molar-refractivity contribution in [1.29, 1.82) is 0 Å². The van der Waals surface area contributed by atoms with Gasteiger partial charge in [-0.15, -0.1) is 11.8 Å². The van der Waals surface area contributed by atoms with E-state index in [0.717, 1.165) is 31.7 Å². The first-order valence-electron chi connectivity index (χ1n) is 6.73. The van der Waals surface area contributed by atoms with E-state index < -0.39 is 11.7 Å². The lowest BCUT2D eigenvalue weighted by molar-refractivity contribution is -0.139. The zero-order valence-corrected chi connectivity index (χ0v) is 12.1. The first-order valence-corrected chi connectivity index (χ1v) is 7.61. The highest BCUT2D eigenvalue weighted by atomic mass is 32.2. The van der Waals surface area contributed by atoms with Gasteiger partial charge in [0.2, 0.25) is 0 Å². The van der Waals surface area contributed by atoms with Crippen molar-refractivity contribution in [3.8, 4) is 0 Å². The van der Waals surface area contributed by atoms with Crippen molar-refractivity contribution in [2.45, 2.75) is 48.9 Å². The topological polar surface area (TPSA) is 17.1 Å². The summed E-state index contributed by atoms with van der Waals surface area (Å²) in [6.07, 6.45) is 0.188. The maximum Gasteiger partial charge on any atom is 0.417 e. The van der Waals surface area contributed by atoms with Crippen LogP contribution >= 0.6 is 11.8 Å². The van der Waals surface area contributed by atoms with Gasteiger partial charge in [-0.25, -0.2) is 0 Å². The monoisotopic (exact) mass is 302 g/mol. The zero-order valence-electron chi connectivity index (χ0n) is 11.2. The molecule has 0 amide bonds. The van der Waals surface area contributed by atoms with E-state index in [0.29, 0.717) is 12.2 Å². The van der Waals surface area contributed by atoms with Gasteiger partial charge in [-0.2, -0.15) is 13.2 Å². The fourth-order valence-electron chi connectivity index (χ4n) is 2.61. The summed E-state index contributed by atoms with van der Waals surface area (Å²) in [5, 5.41) is 0.238. The quantitative estimate of drug-likeness (QED) is 0.715. The summed E-state index contributed by atoms with van der Waals surface area (Å²) in [7, 11) is 0. The molecule has 0 bridgehead atoms. The molecule has 2 atom stereocenters. The first kappa shape index (κ1) is 15.4. The summed E-state index contributed by atoms with van der Waals surface area (Å²) < 4.78 is 39.2. The van der Waals surface area contributed by atoms with Crippen molar-refractivity contribution in [3.63, 3.8) is 0 Å². The Bertz CT molecular complexity index is 484.